The molecule has 0 aromatic rings. The lowest BCUT2D eigenvalue weighted by Gasteiger charge is -2.26. The van der Waals surface area contributed by atoms with Gasteiger partial charge < -0.3 is 16.0 Å². The van der Waals surface area contributed by atoms with Crippen LogP contribution in [0.15, 0.2) is 0 Å². The highest BCUT2D eigenvalue weighted by Crippen LogP contribution is 2.28. The van der Waals surface area contributed by atoms with Crippen molar-refractivity contribution in [1.82, 2.24) is 10.2 Å². The topological polar surface area (TPSA) is 58.4 Å². The molecule has 4 nitrogen and oxygen atoms in total. The molecule has 4 heteroatoms. The Morgan fingerprint density at radius 1 is 1.44 bits per heavy atom. The third kappa shape index (κ3) is 2.67. The SMILES string of the molecule is CC(N)CN1CC(C2CCCCC2)NC1=O. The number of nitrogens with one attached hydrogen (secondary N) is 1. The number of hydrogen-bond donors (Lipinski definition) is 2. The van der Waals surface area contributed by atoms with E-state index in [-0.39, 0.29) is 12.1 Å². The molecule has 0 radical (unpaired) electrons. The Bertz CT molecular complexity index is 249. The van der Waals surface area contributed by atoms with E-state index >= 15 is 0 Å². The lowest BCUT2D eigenvalue weighted by Crippen LogP contribution is -2.37. The van der Waals surface area contributed by atoms with Crippen LogP contribution in [0, 0.1) is 5.92 Å². The van der Waals surface area contributed by atoms with E-state index in [9.17, 15) is 4.79 Å². The second kappa shape index (κ2) is 5.04. The number of nitrogens with two attached hydrogens (primary N) is 1. The van der Waals surface area contributed by atoms with Gasteiger partial charge in [0.2, 0.25) is 0 Å². The average Bonchev–Trinajstić information content (AvgIpc) is 2.61. The van der Waals surface area contributed by atoms with Crippen LogP contribution in [0.25, 0.3) is 0 Å². The van der Waals surface area contributed by atoms with Crippen LogP contribution < -0.4 is 11.1 Å². The van der Waals surface area contributed by atoms with Crippen LogP contribution in [0.1, 0.15) is 39.0 Å². The summed E-state index contributed by atoms with van der Waals surface area (Å²) >= 11 is 0. The second-order valence-corrected chi connectivity index (χ2v) is 5.34. The molecule has 0 aromatic carbocycles. The highest BCUT2D eigenvalue weighted by molar-refractivity contribution is 5.77. The van der Waals surface area contributed by atoms with E-state index < -0.39 is 0 Å². The van der Waals surface area contributed by atoms with Crippen molar-refractivity contribution in [2.45, 2.75) is 51.1 Å². The quantitative estimate of drug-likeness (QED) is 0.761. The summed E-state index contributed by atoms with van der Waals surface area (Å²) in [5, 5.41) is 3.11. The summed E-state index contributed by atoms with van der Waals surface area (Å²) in [5.41, 5.74) is 5.74. The van der Waals surface area contributed by atoms with E-state index in [1.165, 1.54) is 32.1 Å². The van der Waals surface area contributed by atoms with Crippen LogP contribution in [0.4, 0.5) is 4.79 Å². The zero-order valence-electron chi connectivity index (χ0n) is 10.1. The number of nitrogens with zero attached hydrogens (tertiary/aromatic N) is 1. The van der Waals surface area contributed by atoms with Gasteiger partial charge in [-0.1, -0.05) is 19.3 Å². The van der Waals surface area contributed by atoms with Gasteiger partial charge in [0.05, 0.1) is 6.04 Å². The highest BCUT2D eigenvalue weighted by atomic mass is 16.2. The minimum atomic E-state index is 0.0656. The fourth-order valence-electron chi connectivity index (χ4n) is 2.92. The molecular formula is C12H23N3O. The van der Waals surface area contributed by atoms with Gasteiger partial charge in [-0.2, -0.15) is 0 Å². The fourth-order valence-corrected chi connectivity index (χ4v) is 2.92. The first-order chi connectivity index (χ1) is 7.66. The van der Waals surface area contributed by atoms with E-state index in [0.717, 1.165) is 6.54 Å². The van der Waals surface area contributed by atoms with Crippen molar-refractivity contribution in [3.8, 4) is 0 Å². The Morgan fingerprint density at radius 3 is 2.75 bits per heavy atom. The lowest BCUT2D eigenvalue weighted by molar-refractivity contribution is 0.215. The van der Waals surface area contributed by atoms with Gasteiger partial charge in [-0.25, -0.2) is 4.79 Å². The van der Waals surface area contributed by atoms with E-state index in [1.54, 1.807) is 0 Å². The summed E-state index contributed by atoms with van der Waals surface area (Å²) in [4.78, 5) is 13.6. The maximum Gasteiger partial charge on any atom is 0.317 e. The summed E-state index contributed by atoms with van der Waals surface area (Å²) in [5.74, 6) is 0.691. The fraction of sp³-hybridized carbons (Fsp3) is 0.917. The molecule has 3 N–H and O–H groups in total. The number of carbonyl (C=O) groups excluding carboxylic acids is 1. The number of rotatable bonds is 3. The molecular weight excluding hydrogens is 202 g/mol. The lowest BCUT2D eigenvalue weighted by atomic mass is 9.84. The Hall–Kier alpha value is -0.770. The Kier molecular flexibility index (Phi) is 3.69. The molecule has 1 aliphatic carbocycles. The molecule has 2 rings (SSSR count). The number of carbonyl (C=O) groups is 1. The number of amides is 2. The van der Waals surface area contributed by atoms with Crippen LogP contribution in [-0.4, -0.2) is 36.1 Å². The van der Waals surface area contributed by atoms with Crippen LogP contribution in [-0.2, 0) is 0 Å². The molecule has 1 aliphatic heterocycles. The molecule has 2 atom stereocenters. The van der Waals surface area contributed by atoms with Crippen molar-refractivity contribution in [2.24, 2.45) is 11.7 Å². The van der Waals surface area contributed by atoms with Crippen LogP contribution in [0.5, 0.6) is 0 Å². The minimum absolute atomic E-state index is 0.0656. The van der Waals surface area contributed by atoms with Gasteiger partial charge >= 0.3 is 6.03 Å². The van der Waals surface area contributed by atoms with E-state index in [4.69, 9.17) is 5.73 Å². The molecule has 2 aliphatic rings. The van der Waals surface area contributed by atoms with Crippen LogP contribution in [0.3, 0.4) is 0 Å². The van der Waals surface area contributed by atoms with Gasteiger partial charge in [0.25, 0.3) is 0 Å². The van der Waals surface area contributed by atoms with Crippen molar-refractivity contribution in [1.29, 1.82) is 0 Å². The largest absolute Gasteiger partial charge is 0.333 e. The van der Waals surface area contributed by atoms with Gasteiger partial charge in [-0.15, -0.1) is 0 Å². The van der Waals surface area contributed by atoms with Gasteiger partial charge in [-0.05, 0) is 25.7 Å². The summed E-state index contributed by atoms with van der Waals surface area (Å²) < 4.78 is 0. The van der Waals surface area contributed by atoms with E-state index in [2.05, 4.69) is 5.32 Å². The molecule has 2 amide bonds. The Morgan fingerprint density at radius 2 is 2.12 bits per heavy atom. The summed E-state index contributed by atoms with van der Waals surface area (Å²) in [7, 11) is 0. The number of urea groups is 1. The summed E-state index contributed by atoms with van der Waals surface area (Å²) in [6.07, 6.45) is 6.56. The molecule has 2 unspecified atom stereocenters. The number of hydrogen-bond acceptors (Lipinski definition) is 2. The van der Waals surface area contributed by atoms with Crippen molar-refractivity contribution in [3.05, 3.63) is 0 Å². The molecule has 0 spiro atoms. The average molecular weight is 225 g/mol. The predicted octanol–water partition coefficient (Wildman–Crippen LogP) is 1.31. The maximum absolute atomic E-state index is 11.7. The highest BCUT2D eigenvalue weighted by Gasteiger charge is 2.34. The van der Waals surface area contributed by atoms with E-state index in [1.807, 2.05) is 11.8 Å². The van der Waals surface area contributed by atoms with E-state index in [0.29, 0.717) is 18.5 Å². The molecule has 0 aromatic heterocycles. The van der Waals surface area contributed by atoms with Crippen LogP contribution >= 0.6 is 0 Å². The van der Waals surface area contributed by atoms with Crippen LogP contribution in [0.2, 0.25) is 0 Å². The normalized spacial score (nSPS) is 29.2. The smallest absolute Gasteiger partial charge is 0.317 e. The first kappa shape index (κ1) is 11.7. The third-order valence-corrected chi connectivity index (χ3v) is 3.74. The monoisotopic (exact) mass is 225 g/mol. The van der Waals surface area contributed by atoms with Crippen molar-refractivity contribution in [2.75, 3.05) is 13.1 Å². The van der Waals surface area contributed by atoms with Crippen molar-refractivity contribution < 1.29 is 4.79 Å². The minimum Gasteiger partial charge on any atom is -0.333 e. The molecule has 2 fully saturated rings. The summed E-state index contributed by atoms with van der Waals surface area (Å²) in [6.45, 7) is 3.47. The zero-order valence-corrected chi connectivity index (χ0v) is 10.1. The molecule has 1 saturated heterocycles. The van der Waals surface area contributed by atoms with Crippen molar-refractivity contribution in [3.63, 3.8) is 0 Å². The summed E-state index contributed by atoms with van der Waals surface area (Å²) in [6, 6.07) is 0.510. The molecule has 1 saturated carbocycles. The Labute approximate surface area is 97.6 Å². The zero-order chi connectivity index (χ0) is 11.5. The Balaban J connectivity index is 1.87. The first-order valence-electron chi connectivity index (χ1n) is 6.48. The van der Waals surface area contributed by atoms with Gasteiger partial charge in [0.15, 0.2) is 0 Å². The molecule has 16 heavy (non-hydrogen) atoms. The van der Waals surface area contributed by atoms with Gasteiger partial charge in [0, 0.05) is 19.1 Å². The molecule has 0 bridgehead atoms. The standard InChI is InChI=1S/C12H23N3O/c1-9(13)7-15-8-11(14-12(15)16)10-5-3-2-4-6-10/h9-11H,2-8,13H2,1H3,(H,14,16). The third-order valence-electron chi connectivity index (χ3n) is 3.74. The maximum atomic E-state index is 11.7. The molecule has 92 valence electrons. The van der Waals surface area contributed by atoms with Crippen molar-refractivity contribution >= 4 is 6.03 Å². The van der Waals surface area contributed by atoms with Gasteiger partial charge in [-0.3, -0.25) is 0 Å². The molecule has 1 heterocycles. The predicted molar refractivity (Wildman–Crippen MR) is 64.1 cm³/mol. The van der Waals surface area contributed by atoms with Gasteiger partial charge in [0.1, 0.15) is 0 Å². The first-order valence-corrected chi connectivity index (χ1v) is 6.48. The second-order valence-electron chi connectivity index (χ2n) is 5.34.